The predicted molar refractivity (Wildman–Crippen MR) is 112 cm³/mol. The molecule has 1 aromatic heterocycles. The van der Waals surface area contributed by atoms with Crippen molar-refractivity contribution in [1.29, 1.82) is 0 Å². The van der Waals surface area contributed by atoms with Crippen molar-refractivity contribution in [3.63, 3.8) is 0 Å². The summed E-state index contributed by atoms with van der Waals surface area (Å²) < 4.78 is 26.9. The summed E-state index contributed by atoms with van der Waals surface area (Å²) in [5.41, 5.74) is 1.32. The molecule has 0 radical (unpaired) electrons. The molecule has 0 aliphatic rings. The molecule has 3 N–H and O–H groups in total. The van der Waals surface area contributed by atoms with Crippen molar-refractivity contribution in [3.8, 4) is 0 Å². The van der Waals surface area contributed by atoms with Crippen LogP contribution < -0.4 is 15.4 Å². The van der Waals surface area contributed by atoms with E-state index in [0.717, 1.165) is 4.70 Å². The summed E-state index contributed by atoms with van der Waals surface area (Å²) in [4.78, 5) is 28.1. The van der Waals surface area contributed by atoms with Gasteiger partial charge in [-0.25, -0.2) is 18.1 Å². The first-order valence-corrected chi connectivity index (χ1v) is 12.1. The lowest BCUT2D eigenvalue weighted by molar-refractivity contribution is -0.117. The van der Waals surface area contributed by atoms with E-state index in [1.54, 1.807) is 18.2 Å². The molecule has 1 unspecified atom stereocenters. The van der Waals surface area contributed by atoms with Gasteiger partial charge in [0.25, 0.3) is 0 Å². The fraction of sp³-hybridized carbons (Fsp3) is 0.438. The summed E-state index contributed by atoms with van der Waals surface area (Å²) in [7, 11) is -3.51. The number of thioether (sulfide) groups is 1. The van der Waals surface area contributed by atoms with E-state index in [0.29, 0.717) is 28.5 Å². The average Bonchev–Trinajstić information content (AvgIpc) is 2.99. The Morgan fingerprint density at radius 2 is 2.04 bits per heavy atom. The molecule has 11 heteroatoms. The summed E-state index contributed by atoms with van der Waals surface area (Å²) in [5, 5.41) is 5.76. The molecule has 27 heavy (non-hydrogen) atoms. The van der Waals surface area contributed by atoms with E-state index < -0.39 is 22.0 Å². The monoisotopic (exact) mass is 430 g/mol. The van der Waals surface area contributed by atoms with Crippen LogP contribution in [0, 0.1) is 0 Å². The van der Waals surface area contributed by atoms with Crippen LogP contribution >= 0.6 is 23.1 Å². The number of carbonyl (C=O) groups is 2. The Kier molecular flexibility index (Phi) is 7.59. The molecule has 2 aromatic rings. The van der Waals surface area contributed by atoms with E-state index in [2.05, 4.69) is 20.3 Å². The van der Waals surface area contributed by atoms with Gasteiger partial charge in [0, 0.05) is 12.6 Å². The number of hydrogen-bond donors (Lipinski definition) is 3. The number of hydrogen-bond acceptors (Lipinski definition) is 7. The molecule has 0 saturated heterocycles. The highest BCUT2D eigenvalue weighted by atomic mass is 32.2. The maximum atomic E-state index is 12.6. The van der Waals surface area contributed by atoms with Crippen molar-refractivity contribution in [3.05, 3.63) is 18.2 Å². The zero-order valence-corrected chi connectivity index (χ0v) is 17.7. The number of aromatic nitrogens is 1. The second-order valence-corrected chi connectivity index (χ2v) is 9.79. The largest absolute Gasteiger partial charge is 0.326 e. The fourth-order valence-corrected chi connectivity index (χ4v) is 4.44. The summed E-state index contributed by atoms with van der Waals surface area (Å²) in [5.74, 6) is -0.0673. The highest BCUT2D eigenvalue weighted by molar-refractivity contribution is 7.98. The van der Waals surface area contributed by atoms with Crippen LogP contribution in [0.4, 0.5) is 10.8 Å². The van der Waals surface area contributed by atoms with Crippen LogP contribution in [0.3, 0.4) is 0 Å². The second kappa shape index (κ2) is 9.49. The molecule has 1 heterocycles. The van der Waals surface area contributed by atoms with Crippen LogP contribution in [0.1, 0.15) is 20.3 Å². The minimum Gasteiger partial charge on any atom is -0.326 e. The third-order valence-corrected chi connectivity index (χ3v) is 6.55. The van der Waals surface area contributed by atoms with Crippen molar-refractivity contribution in [2.24, 2.45) is 0 Å². The molecule has 2 rings (SSSR count). The first kappa shape index (κ1) is 21.6. The van der Waals surface area contributed by atoms with Gasteiger partial charge in [-0.1, -0.05) is 11.3 Å². The van der Waals surface area contributed by atoms with Crippen LogP contribution in [0.5, 0.6) is 0 Å². The van der Waals surface area contributed by atoms with Gasteiger partial charge in [-0.2, -0.15) is 11.8 Å². The standard InChI is InChI=1S/C16H22N4O4S3/c1-4-27(23,24)20-13(7-8-25-3)15(22)19-16-18-12-6-5-11(17-10(2)21)9-14(12)26-16/h5-6,9,13,20H,4,7-8H2,1-3H3,(H,17,21)(H,18,19,22). The first-order chi connectivity index (χ1) is 12.7. The maximum Gasteiger partial charge on any atom is 0.244 e. The quantitative estimate of drug-likeness (QED) is 0.562. The average molecular weight is 431 g/mol. The molecule has 1 atom stereocenters. The van der Waals surface area contributed by atoms with Gasteiger partial charge in [-0.05, 0) is 43.6 Å². The fourth-order valence-electron chi connectivity index (χ4n) is 2.23. The van der Waals surface area contributed by atoms with Gasteiger partial charge in [0.1, 0.15) is 6.04 Å². The minimum atomic E-state index is -3.51. The molecule has 2 amide bonds. The van der Waals surface area contributed by atoms with Crippen LogP contribution in [0.2, 0.25) is 0 Å². The maximum absolute atomic E-state index is 12.6. The van der Waals surface area contributed by atoms with E-state index in [9.17, 15) is 18.0 Å². The van der Waals surface area contributed by atoms with Gasteiger partial charge in [0.15, 0.2) is 5.13 Å². The smallest absolute Gasteiger partial charge is 0.244 e. The number of sulfonamides is 1. The Morgan fingerprint density at radius 3 is 2.67 bits per heavy atom. The molecular formula is C16H22N4O4S3. The lowest BCUT2D eigenvalue weighted by atomic mass is 10.2. The number of nitrogens with zero attached hydrogens (tertiary/aromatic N) is 1. The van der Waals surface area contributed by atoms with Gasteiger partial charge in [0.2, 0.25) is 21.8 Å². The van der Waals surface area contributed by atoms with Gasteiger partial charge < -0.3 is 10.6 Å². The van der Waals surface area contributed by atoms with Crippen LogP contribution in [-0.2, 0) is 19.6 Å². The van der Waals surface area contributed by atoms with Crippen LogP contribution in [0.15, 0.2) is 18.2 Å². The van der Waals surface area contributed by atoms with Crippen molar-refractivity contribution < 1.29 is 18.0 Å². The molecular weight excluding hydrogens is 408 g/mol. The van der Waals surface area contributed by atoms with E-state index in [4.69, 9.17) is 0 Å². The Labute approximate surface area is 166 Å². The molecule has 0 aliphatic carbocycles. The number of carbonyl (C=O) groups excluding carboxylic acids is 2. The van der Waals surface area contributed by atoms with Crippen LogP contribution in [0.25, 0.3) is 10.2 Å². The highest BCUT2D eigenvalue weighted by Crippen LogP contribution is 2.28. The first-order valence-electron chi connectivity index (χ1n) is 8.22. The Balaban J connectivity index is 2.16. The predicted octanol–water partition coefficient (Wildman–Crippen LogP) is 2.25. The lowest BCUT2D eigenvalue weighted by Gasteiger charge is -2.16. The summed E-state index contributed by atoms with van der Waals surface area (Å²) in [6, 6.07) is 4.39. The zero-order valence-electron chi connectivity index (χ0n) is 15.2. The lowest BCUT2D eigenvalue weighted by Crippen LogP contribution is -2.44. The number of nitrogens with one attached hydrogen (secondary N) is 3. The molecule has 148 valence electrons. The number of amides is 2. The summed E-state index contributed by atoms with van der Waals surface area (Å²) in [6.07, 6.45) is 2.27. The highest BCUT2D eigenvalue weighted by Gasteiger charge is 2.24. The van der Waals surface area contributed by atoms with Crippen molar-refractivity contribution in [2.45, 2.75) is 26.3 Å². The number of fused-ring (bicyclic) bond motifs is 1. The molecule has 0 aliphatic heterocycles. The number of anilines is 2. The Hall–Kier alpha value is -1.69. The zero-order chi connectivity index (χ0) is 20.0. The Bertz CT molecular complexity index is 927. The van der Waals surface area contributed by atoms with Crippen molar-refractivity contribution in [2.75, 3.05) is 28.4 Å². The summed E-state index contributed by atoms with van der Waals surface area (Å²) in [6.45, 7) is 2.95. The van der Waals surface area contributed by atoms with E-state index >= 15 is 0 Å². The molecule has 8 nitrogen and oxygen atoms in total. The normalized spacial score (nSPS) is 12.7. The van der Waals surface area contributed by atoms with Crippen LogP contribution in [-0.4, -0.2) is 49.0 Å². The van der Waals surface area contributed by atoms with E-state index in [1.807, 2.05) is 6.26 Å². The third kappa shape index (κ3) is 6.45. The molecule has 0 spiro atoms. The van der Waals surface area contributed by atoms with Gasteiger partial charge in [-0.3, -0.25) is 9.59 Å². The molecule has 0 bridgehead atoms. The minimum absolute atomic E-state index is 0.0941. The van der Waals surface area contributed by atoms with Gasteiger partial charge in [-0.15, -0.1) is 0 Å². The van der Waals surface area contributed by atoms with Crippen molar-refractivity contribution >= 4 is 66.0 Å². The molecule has 0 fully saturated rings. The topological polar surface area (TPSA) is 117 Å². The second-order valence-electron chi connectivity index (χ2n) is 5.73. The SMILES string of the molecule is CCS(=O)(=O)NC(CCSC)C(=O)Nc1nc2ccc(NC(C)=O)cc2s1. The van der Waals surface area contributed by atoms with Gasteiger partial charge >= 0.3 is 0 Å². The molecule has 0 saturated carbocycles. The van der Waals surface area contributed by atoms with Crippen molar-refractivity contribution in [1.82, 2.24) is 9.71 Å². The number of benzene rings is 1. The van der Waals surface area contributed by atoms with E-state index in [-0.39, 0.29) is 11.7 Å². The Morgan fingerprint density at radius 1 is 1.30 bits per heavy atom. The number of thiazole rings is 1. The number of rotatable bonds is 9. The molecule has 1 aromatic carbocycles. The van der Waals surface area contributed by atoms with Gasteiger partial charge in [0.05, 0.1) is 16.0 Å². The summed E-state index contributed by atoms with van der Waals surface area (Å²) >= 11 is 2.79. The third-order valence-electron chi connectivity index (χ3n) is 3.57. The van der Waals surface area contributed by atoms with E-state index in [1.165, 1.54) is 36.9 Å².